The molecule has 3 heterocycles. The van der Waals surface area contributed by atoms with Crippen molar-refractivity contribution < 1.29 is 13.2 Å². The van der Waals surface area contributed by atoms with Crippen molar-refractivity contribution >= 4 is 38.0 Å². The first-order chi connectivity index (χ1) is 13.1. The second-order valence-corrected chi connectivity index (χ2v) is 9.21. The van der Waals surface area contributed by atoms with Crippen LogP contribution in [-0.2, 0) is 14.6 Å². The summed E-state index contributed by atoms with van der Waals surface area (Å²) in [5.74, 6) is 0.434. The molecule has 0 saturated carbocycles. The third kappa shape index (κ3) is 3.27. The van der Waals surface area contributed by atoms with Crippen molar-refractivity contribution in [3.05, 3.63) is 47.5 Å². The summed E-state index contributed by atoms with van der Waals surface area (Å²) < 4.78 is 31.7. The zero-order chi connectivity index (χ0) is 18.9. The number of nitriles is 1. The van der Waals surface area contributed by atoms with Crippen LogP contribution in [0.15, 0.2) is 46.0 Å². The Labute approximate surface area is 160 Å². The number of ether oxygens (including phenoxy) is 1. The maximum Gasteiger partial charge on any atom is 0.209 e. The van der Waals surface area contributed by atoms with Gasteiger partial charge in [0.05, 0.1) is 30.3 Å². The largest absolute Gasteiger partial charge is 0.378 e. The second kappa shape index (κ2) is 7.23. The normalized spacial score (nSPS) is 16.2. The number of para-hydroxylation sites is 2. The van der Waals surface area contributed by atoms with Crippen molar-refractivity contribution in [3.63, 3.8) is 0 Å². The minimum atomic E-state index is -3.89. The summed E-state index contributed by atoms with van der Waals surface area (Å²) >= 11 is 1.09. The monoisotopic (exact) mass is 400 g/mol. The van der Waals surface area contributed by atoms with Gasteiger partial charge in [0.25, 0.3) is 0 Å². The predicted octanol–water partition coefficient (Wildman–Crippen LogP) is 2.57. The highest BCUT2D eigenvalue weighted by atomic mass is 32.2. The molecule has 0 unspecified atom stereocenters. The van der Waals surface area contributed by atoms with Crippen LogP contribution in [0.1, 0.15) is 10.9 Å². The fourth-order valence-corrected chi connectivity index (χ4v) is 5.54. The maximum atomic E-state index is 13.1. The van der Waals surface area contributed by atoms with Crippen molar-refractivity contribution in [1.29, 1.82) is 5.26 Å². The average Bonchev–Trinajstić information content (AvgIpc) is 3.24. The molecule has 0 bridgehead atoms. The van der Waals surface area contributed by atoms with E-state index in [0.29, 0.717) is 43.2 Å². The van der Waals surface area contributed by atoms with Gasteiger partial charge in [0.1, 0.15) is 9.90 Å². The lowest BCUT2D eigenvalue weighted by Gasteiger charge is -2.29. The van der Waals surface area contributed by atoms with Crippen molar-refractivity contribution in [2.45, 2.75) is 9.46 Å². The number of fused-ring (bicyclic) bond motifs is 1. The minimum Gasteiger partial charge on any atom is -0.378 e. The highest BCUT2D eigenvalue weighted by Crippen LogP contribution is 2.35. The van der Waals surface area contributed by atoms with Gasteiger partial charge >= 0.3 is 0 Å². The molecule has 27 heavy (non-hydrogen) atoms. The summed E-state index contributed by atoms with van der Waals surface area (Å²) in [5.41, 5.74) is 1.39. The van der Waals surface area contributed by atoms with Gasteiger partial charge in [0.15, 0.2) is 11.1 Å². The molecule has 4 rings (SSSR count). The number of rotatable bonds is 4. The third-order valence-electron chi connectivity index (χ3n) is 4.34. The first-order valence-corrected chi connectivity index (χ1v) is 10.8. The summed E-state index contributed by atoms with van der Waals surface area (Å²) in [7, 11) is -3.89. The van der Waals surface area contributed by atoms with E-state index in [9.17, 15) is 13.7 Å². The molecule has 1 aliphatic heterocycles. The van der Waals surface area contributed by atoms with Crippen molar-refractivity contribution in [2.24, 2.45) is 0 Å². The van der Waals surface area contributed by atoms with Gasteiger partial charge in [-0.3, -0.25) is 0 Å². The van der Waals surface area contributed by atoms with Gasteiger partial charge in [-0.25, -0.2) is 18.4 Å². The van der Waals surface area contributed by atoms with E-state index in [4.69, 9.17) is 4.74 Å². The van der Waals surface area contributed by atoms with Crippen LogP contribution in [0.5, 0.6) is 0 Å². The Bertz CT molecular complexity index is 1100. The van der Waals surface area contributed by atoms with E-state index in [-0.39, 0.29) is 9.90 Å². The summed E-state index contributed by atoms with van der Waals surface area (Å²) in [5, 5.41) is 10.0. The topological polar surface area (TPSA) is 96.2 Å². The number of aromatic nitrogens is 2. The summed E-state index contributed by atoms with van der Waals surface area (Å²) in [4.78, 5) is 11.2. The molecular formula is C18H16N4O3S2. The Morgan fingerprint density at radius 3 is 2.44 bits per heavy atom. The summed E-state index contributed by atoms with van der Waals surface area (Å²) in [6.07, 6.45) is 0. The zero-order valence-electron chi connectivity index (χ0n) is 14.3. The van der Waals surface area contributed by atoms with Crippen LogP contribution in [0.3, 0.4) is 0 Å². The molecule has 0 aliphatic carbocycles. The Kier molecular flexibility index (Phi) is 4.78. The number of hydrogen-bond donors (Lipinski definition) is 0. The van der Waals surface area contributed by atoms with Crippen LogP contribution in [0.25, 0.3) is 11.0 Å². The number of thiophene rings is 1. The molecule has 1 atom stereocenters. The fraction of sp³-hybridized carbons (Fsp3) is 0.278. The van der Waals surface area contributed by atoms with Gasteiger partial charge in [-0.1, -0.05) is 18.2 Å². The molecule has 7 nitrogen and oxygen atoms in total. The van der Waals surface area contributed by atoms with Gasteiger partial charge < -0.3 is 9.64 Å². The quantitative estimate of drug-likeness (QED) is 0.664. The third-order valence-corrected chi connectivity index (χ3v) is 7.63. The lowest BCUT2D eigenvalue weighted by Crippen LogP contribution is -2.38. The molecule has 0 spiro atoms. The molecule has 3 aromatic rings. The maximum absolute atomic E-state index is 13.1. The van der Waals surface area contributed by atoms with Crippen LogP contribution >= 0.6 is 11.3 Å². The molecule has 0 amide bonds. The summed E-state index contributed by atoms with van der Waals surface area (Å²) in [6, 6.07) is 12.4. The molecule has 0 N–H and O–H groups in total. The average molecular weight is 400 g/mol. The van der Waals surface area contributed by atoms with E-state index < -0.39 is 15.1 Å². The Balaban J connectivity index is 1.91. The smallest absolute Gasteiger partial charge is 0.209 e. The van der Waals surface area contributed by atoms with Gasteiger partial charge in [-0.2, -0.15) is 5.26 Å². The zero-order valence-corrected chi connectivity index (χ0v) is 15.9. The van der Waals surface area contributed by atoms with Crippen LogP contribution in [0.4, 0.5) is 5.82 Å². The van der Waals surface area contributed by atoms with E-state index in [2.05, 4.69) is 9.97 Å². The predicted molar refractivity (Wildman–Crippen MR) is 102 cm³/mol. The highest BCUT2D eigenvalue weighted by Gasteiger charge is 2.35. The first kappa shape index (κ1) is 17.9. The minimum absolute atomic E-state index is 0.150. The highest BCUT2D eigenvalue weighted by molar-refractivity contribution is 7.93. The second-order valence-electron chi connectivity index (χ2n) is 6.01. The van der Waals surface area contributed by atoms with Gasteiger partial charge in [-0.05, 0) is 23.6 Å². The SMILES string of the molecule is N#C[C@H](c1nc2ccccc2nc1N1CCOCC1)S(=O)(=O)c1cccs1. The molecule has 1 aliphatic rings. The number of morpholine rings is 1. The van der Waals surface area contributed by atoms with Gasteiger partial charge in [-0.15, -0.1) is 11.3 Å². The van der Waals surface area contributed by atoms with Crippen LogP contribution in [0, 0.1) is 11.3 Å². The molecule has 1 fully saturated rings. The molecule has 1 aromatic carbocycles. The van der Waals surface area contributed by atoms with Crippen molar-refractivity contribution in [3.8, 4) is 6.07 Å². The molecular weight excluding hydrogens is 384 g/mol. The van der Waals surface area contributed by atoms with E-state index in [1.165, 1.54) is 6.07 Å². The lowest BCUT2D eigenvalue weighted by atomic mass is 10.2. The molecule has 9 heteroatoms. The molecule has 1 saturated heterocycles. The van der Waals surface area contributed by atoms with Gasteiger partial charge in [0, 0.05) is 13.1 Å². The molecule has 138 valence electrons. The number of anilines is 1. The lowest BCUT2D eigenvalue weighted by molar-refractivity contribution is 0.122. The van der Waals surface area contributed by atoms with E-state index >= 15 is 0 Å². The van der Waals surface area contributed by atoms with Crippen LogP contribution in [-0.4, -0.2) is 44.7 Å². The number of benzene rings is 1. The molecule has 2 aromatic heterocycles. The standard InChI is InChI=1S/C18H16N4O3S2/c19-12-15(27(23,24)16-6-3-11-26-16)17-18(22-7-9-25-10-8-22)21-14-5-2-1-4-13(14)20-17/h1-6,11,15H,7-10H2/t15-/m1/s1. The van der Waals surface area contributed by atoms with Crippen LogP contribution in [0.2, 0.25) is 0 Å². The van der Waals surface area contributed by atoms with Gasteiger partial charge in [0.2, 0.25) is 9.84 Å². The Morgan fingerprint density at radius 1 is 1.11 bits per heavy atom. The Hall–Kier alpha value is -2.54. The van der Waals surface area contributed by atoms with E-state index in [1.54, 1.807) is 17.5 Å². The van der Waals surface area contributed by atoms with E-state index in [1.807, 2.05) is 29.2 Å². The number of hydrogen-bond acceptors (Lipinski definition) is 8. The fourth-order valence-electron chi connectivity index (χ4n) is 3.01. The number of sulfone groups is 1. The first-order valence-electron chi connectivity index (χ1n) is 8.37. The van der Waals surface area contributed by atoms with Crippen molar-refractivity contribution in [2.75, 3.05) is 31.2 Å². The Morgan fingerprint density at radius 2 is 1.81 bits per heavy atom. The summed E-state index contributed by atoms with van der Waals surface area (Å²) in [6.45, 7) is 2.17. The molecule has 0 radical (unpaired) electrons. The van der Waals surface area contributed by atoms with Crippen LogP contribution < -0.4 is 4.90 Å². The van der Waals surface area contributed by atoms with E-state index in [0.717, 1.165) is 11.3 Å². The number of nitrogens with zero attached hydrogens (tertiary/aromatic N) is 4. The van der Waals surface area contributed by atoms with Crippen molar-refractivity contribution in [1.82, 2.24) is 9.97 Å².